The molecule has 5 nitrogen and oxygen atoms in total. The minimum Gasteiger partial charge on any atom is -0.481 e. The standard InChI is InChI=1S/C16H24N2O3/c19-15(20)11-16(7-3-4-8-16)10-14-18-17-13(21-14)9-12-5-1-2-6-12/h12H,1-11H2,(H,19,20). The molecule has 2 aliphatic carbocycles. The molecular formula is C16H24N2O3. The Kier molecular flexibility index (Phi) is 4.27. The van der Waals surface area contributed by atoms with Gasteiger partial charge in [-0.1, -0.05) is 25.7 Å². The third-order valence-corrected chi connectivity index (χ3v) is 5.16. The molecule has 2 saturated carbocycles. The lowest BCUT2D eigenvalue weighted by molar-refractivity contribution is -0.139. The van der Waals surface area contributed by atoms with Gasteiger partial charge in [-0.15, -0.1) is 10.2 Å². The molecule has 0 unspecified atom stereocenters. The van der Waals surface area contributed by atoms with Crippen LogP contribution in [0.2, 0.25) is 0 Å². The number of nitrogens with zero attached hydrogens (tertiary/aromatic N) is 2. The van der Waals surface area contributed by atoms with Gasteiger partial charge in [0.2, 0.25) is 11.8 Å². The first-order chi connectivity index (χ1) is 10.2. The molecule has 1 N–H and O–H groups in total. The normalized spacial score (nSPS) is 21.9. The van der Waals surface area contributed by atoms with Gasteiger partial charge < -0.3 is 9.52 Å². The lowest BCUT2D eigenvalue weighted by Gasteiger charge is -2.24. The molecule has 0 bridgehead atoms. The molecule has 0 aliphatic heterocycles. The maximum Gasteiger partial charge on any atom is 0.303 e. The minimum absolute atomic E-state index is 0.164. The van der Waals surface area contributed by atoms with Gasteiger partial charge in [-0.25, -0.2) is 0 Å². The van der Waals surface area contributed by atoms with E-state index in [1.54, 1.807) is 0 Å². The molecule has 0 aromatic carbocycles. The van der Waals surface area contributed by atoms with Gasteiger partial charge in [0.1, 0.15) is 0 Å². The Labute approximate surface area is 125 Å². The van der Waals surface area contributed by atoms with Crippen LogP contribution in [0.1, 0.15) is 69.6 Å². The Morgan fingerprint density at radius 1 is 1.14 bits per heavy atom. The zero-order valence-corrected chi connectivity index (χ0v) is 12.5. The number of carboxylic acid groups (broad SMARTS) is 1. The summed E-state index contributed by atoms with van der Waals surface area (Å²) in [7, 11) is 0. The Hall–Kier alpha value is -1.39. The first-order valence-corrected chi connectivity index (χ1v) is 8.18. The molecule has 116 valence electrons. The second-order valence-corrected chi connectivity index (χ2v) is 6.90. The Morgan fingerprint density at radius 2 is 1.81 bits per heavy atom. The van der Waals surface area contributed by atoms with Gasteiger partial charge in [-0.05, 0) is 37.0 Å². The first-order valence-electron chi connectivity index (χ1n) is 8.18. The van der Waals surface area contributed by atoms with Crippen LogP contribution in [0.4, 0.5) is 0 Å². The van der Waals surface area contributed by atoms with Crippen LogP contribution in [-0.4, -0.2) is 21.3 Å². The highest BCUT2D eigenvalue weighted by Gasteiger charge is 2.37. The van der Waals surface area contributed by atoms with E-state index in [9.17, 15) is 4.79 Å². The number of aromatic nitrogens is 2. The first kappa shape index (κ1) is 14.5. The van der Waals surface area contributed by atoms with Gasteiger partial charge in [0.25, 0.3) is 0 Å². The van der Waals surface area contributed by atoms with Gasteiger partial charge in [0.15, 0.2) is 0 Å². The largest absolute Gasteiger partial charge is 0.481 e. The highest BCUT2D eigenvalue weighted by atomic mass is 16.4. The Bertz CT molecular complexity index is 485. The van der Waals surface area contributed by atoms with Crippen molar-refractivity contribution in [2.45, 2.75) is 70.6 Å². The summed E-state index contributed by atoms with van der Waals surface area (Å²) in [6, 6.07) is 0. The summed E-state index contributed by atoms with van der Waals surface area (Å²) in [5.41, 5.74) is -0.164. The summed E-state index contributed by atoms with van der Waals surface area (Å²) in [6.07, 6.45) is 11.0. The van der Waals surface area contributed by atoms with E-state index in [1.807, 2.05) is 0 Å². The van der Waals surface area contributed by atoms with Crippen molar-refractivity contribution in [3.05, 3.63) is 11.8 Å². The SMILES string of the molecule is O=C(O)CC1(Cc2nnc(CC3CCCC3)o2)CCCC1. The minimum atomic E-state index is -0.720. The summed E-state index contributed by atoms with van der Waals surface area (Å²) < 4.78 is 5.80. The highest BCUT2D eigenvalue weighted by Crippen LogP contribution is 2.43. The monoisotopic (exact) mass is 292 g/mol. The van der Waals surface area contributed by atoms with Gasteiger partial charge in [0, 0.05) is 12.8 Å². The lowest BCUT2D eigenvalue weighted by atomic mass is 9.79. The molecule has 2 aliphatic rings. The van der Waals surface area contributed by atoms with E-state index < -0.39 is 5.97 Å². The van der Waals surface area contributed by atoms with E-state index in [1.165, 1.54) is 25.7 Å². The molecule has 0 saturated heterocycles. The van der Waals surface area contributed by atoms with Crippen LogP contribution in [0.25, 0.3) is 0 Å². The summed E-state index contributed by atoms with van der Waals surface area (Å²) >= 11 is 0. The topological polar surface area (TPSA) is 76.2 Å². The van der Waals surface area contributed by atoms with E-state index in [-0.39, 0.29) is 11.8 Å². The molecule has 0 amide bonds. The Morgan fingerprint density at radius 3 is 2.48 bits per heavy atom. The van der Waals surface area contributed by atoms with Crippen LogP contribution >= 0.6 is 0 Å². The summed E-state index contributed by atoms with van der Waals surface area (Å²) in [6.45, 7) is 0. The molecular weight excluding hydrogens is 268 g/mol. The van der Waals surface area contributed by atoms with E-state index >= 15 is 0 Å². The van der Waals surface area contributed by atoms with Crippen molar-refractivity contribution < 1.29 is 14.3 Å². The van der Waals surface area contributed by atoms with Crippen molar-refractivity contribution in [1.29, 1.82) is 0 Å². The average Bonchev–Trinajstić information content (AvgIpc) is 3.13. The third kappa shape index (κ3) is 3.63. The smallest absolute Gasteiger partial charge is 0.303 e. The molecule has 1 aromatic heterocycles. The molecule has 3 rings (SSSR count). The summed E-state index contributed by atoms with van der Waals surface area (Å²) in [5, 5.41) is 17.5. The third-order valence-electron chi connectivity index (χ3n) is 5.16. The van der Waals surface area contributed by atoms with Crippen LogP contribution in [-0.2, 0) is 17.6 Å². The zero-order chi connectivity index (χ0) is 14.7. The number of rotatable bonds is 6. The number of hydrogen-bond acceptors (Lipinski definition) is 4. The number of hydrogen-bond donors (Lipinski definition) is 1. The fraction of sp³-hybridized carbons (Fsp3) is 0.812. The maximum atomic E-state index is 11.1. The quantitative estimate of drug-likeness (QED) is 0.869. The van der Waals surface area contributed by atoms with Gasteiger partial charge >= 0.3 is 5.97 Å². The van der Waals surface area contributed by atoms with Crippen LogP contribution in [0, 0.1) is 11.3 Å². The van der Waals surface area contributed by atoms with Gasteiger partial charge in [-0.2, -0.15) is 0 Å². The van der Waals surface area contributed by atoms with Crippen molar-refractivity contribution in [3.63, 3.8) is 0 Å². The van der Waals surface area contributed by atoms with E-state index in [2.05, 4.69) is 10.2 Å². The molecule has 0 atom stereocenters. The van der Waals surface area contributed by atoms with Gasteiger partial charge in [-0.3, -0.25) is 4.79 Å². The summed E-state index contributed by atoms with van der Waals surface area (Å²) in [5.74, 6) is 1.34. The molecule has 0 radical (unpaired) electrons. The van der Waals surface area contributed by atoms with E-state index in [0.29, 0.717) is 18.2 Å². The molecule has 2 fully saturated rings. The number of carboxylic acids is 1. The molecule has 21 heavy (non-hydrogen) atoms. The fourth-order valence-corrected chi connectivity index (χ4v) is 4.09. The van der Waals surface area contributed by atoms with Crippen LogP contribution < -0.4 is 0 Å². The van der Waals surface area contributed by atoms with Gasteiger partial charge in [0.05, 0.1) is 6.42 Å². The second-order valence-electron chi connectivity index (χ2n) is 6.90. The van der Waals surface area contributed by atoms with E-state index in [0.717, 1.165) is 38.0 Å². The second kappa shape index (κ2) is 6.16. The molecule has 1 heterocycles. The number of carbonyl (C=O) groups is 1. The molecule has 5 heteroatoms. The zero-order valence-electron chi connectivity index (χ0n) is 12.5. The van der Waals surface area contributed by atoms with E-state index in [4.69, 9.17) is 9.52 Å². The fourth-order valence-electron chi connectivity index (χ4n) is 4.09. The van der Waals surface area contributed by atoms with Crippen molar-refractivity contribution in [2.75, 3.05) is 0 Å². The summed E-state index contributed by atoms with van der Waals surface area (Å²) in [4.78, 5) is 11.1. The molecule has 1 aromatic rings. The average molecular weight is 292 g/mol. The Balaban J connectivity index is 1.63. The molecule has 0 spiro atoms. The van der Waals surface area contributed by atoms with Crippen LogP contribution in [0.5, 0.6) is 0 Å². The lowest BCUT2D eigenvalue weighted by Crippen LogP contribution is -2.24. The van der Waals surface area contributed by atoms with Crippen molar-refractivity contribution >= 4 is 5.97 Å². The highest BCUT2D eigenvalue weighted by molar-refractivity contribution is 5.67. The van der Waals surface area contributed by atoms with Crippen LogP contribution in [0.15, 0.2) is 4.42 Å². The van der Waals surface area contributed by atoms with Crippen molar-refractivity contribution in [1.82, 2.24) is 10.2 Å². The predicted octanol–water partition coefficient (Wildman–Crippen LogP) is 3.38. The van der Waals surface area contributed by atoms with Crippen molar-refractivity contribution in [2.24, 2.45) is 11.3 Å². The maximum absolute atomic E-state index is 11.1. The van der Waals surface area contributed by atoms with Crippen molar-refractivity contribution in [3.8, 4) is 0 Å². The predicted molar refractivity (Wildman–Crippen MR) is 76.8 cm³/mol. The number of aliphatic carboxylic acids is 1. The van der Waals surface area contributed by atoms with Crippen LogP contribution in [0.3, 0.4) is 0 Å².